The summed E-state index contributed by atoms with van der Waals surface area (Å²) in [5.74, 6) is 0.730. The maximum absolute atomic E-state index is 10.9. The van der Waals surface area contributed by atoms with Gasteiger partial charge in [-0.3, -0.25) is 9.22 Å². The van der Waals surface area contributed by atoms with E-state index in [9.17, 15) is 4.79 Å². The van der Waals surface area contributed by atoms with Crippen LogP contribution in [0.2, 0.25) is 0 Å². The number of nitrogens with one attached hydrogen (secondary N) is 1. The number of amides is 2. The second kappa shape index (κ2) is 5.64. The van der Waals surface area contributed by atoms with Crippen LogP contribution in [0, 0.1) is 5.41 Å². The van der Waals surface area contributed by atoms with Crippen molar-refractivity contribution >= 4 is 23.9 Å². The van der Waals surface area contributed by atoms with Crippen molar-refractivity contribution in [1.82, 2.24) is 0 Å². The molecule has 78 valence electrons. The summed E-state index contributed by atoms with van der Waals surface area (Å²) in [5.41, 5.74) is 0.494. The first-order valence-corrected chi connectivity index (χ1v) is 4.44. The number of carbonyl (C=O) groups excluding carboxylic acids is 2. The van der Waals surface area contributed by atoms with E-state index in [0.29, 0.717) is 18.7 Å². The van der Waals surface area contributed by atoms with Crippen molar-refractivity contribution in [2.75, 3.05) is 6.61 Å². The molecule has 15 heavy (non-hydrogen) atoms. The number of rotatable bonds is 2. The van der Waals surface area contributed by atoms with Gasteiger partial charge in [0.05, 0.1) is 0 Å². The molecule has 1 aliphatic rings. The number of allylic oxidation sites excluding steroid dienone is 4. The van der Waals surface area contributed by atoms with Crippen LogP contribution in [0.1, 0.15) is 6.92 Å². The fraction of sp³-hybridized carbons (Fsp3) is 0.200. The van der Waals surface area contributed by atoms with E-state index in [1.54, 1.807) is 24.3 Å². The van der Waals surface area contributed by atoms with E-state index in [4.69, 9.17) is 9.83 Å². The molecule has 0 spiro atoms. The number of carbonyl (C=O) groups is 1. The van der Waals surface area contributed by atoms with Gasteiger partial charge in [0.25, 0.3) is 6.61 Å². The van der Waals surface area contributed by atoms with Crippen LogP contribution in [-0.2, 0) is 4.42 Å². The lowest BCUT2D eigenvalue weighted by atomic mass is 10.2. The molecule has 1 aliphatic carbocycles. The van der Waals surface area contributed by atoms with E-state index in [1.165, 1.54) is 0 Å². The van der Waals surface area contributed by atoms with Crippen molar-refractivity contribution in [3.8, 4) is 0 Å². The van der Waals surface area contributed by atoms with Crippen molar-refractivity contribution in [2.24, 2.45) is 4.99 Å². The van der Waals surface area contributed by atoms with Gasteiger partial charge in [-0.2, -0.15) is 0 Å². The lowest BCUT2D eigenvalue weighted by Crippen LogP contribution is -2.04. The van der Waals surface area contributed by atoms with Gasteiger partial charge in [0.1, 0.15) is 0 Å². The number of hydrogen-bond acceptors (Lipinski definition) is 2. The molecule has 0 radical (unpaired) electrons. The maximum Gasteiger partial charge on any atom is 0.343 e. The highest BCUT2D eigenvalue weighted by Gasteiger charge is 2.05. The Labute approximate surface area is 87.4 Å². The SMILES string of the molecule is CC[O+]=C1C=CC(=NC(=O)[N-]C=N)C=C1. The van der Waals surface area contributed by atoms with Crippen molar-refractivity contribution < 1.29 is 9.22 Å². The molecule has 2 amide bonds. The summed E-state index contributed by atoms with van der Waals surface area (Å²) >= 11 is 0. The predicted molar refractivity (Wildman–Crippen MR) is 58.8 cm³/mol. The van der Waals surface area contributed by atoms with Crippen molar-refractivity contribution in [3.05, 3.63) is 29.6 Å². The van der Waals surface area contributed by atoms with Gasteiger partial charge in [0.15, 0.2) is 0 Å². The summed E-state index contributed by atoms with van der Waals surface area (Å²) in [6.45, 7) is 2.49. The van der Waals surface area contributed by atoms with Crippen LogP contribution in [-0.4, -0.2) is 30.5 Å². The van der Waals surface area contributed by atoms with Gasteiger partial charge < -0.3 is 15.7 Å². The van der Waals surface area contributed by atoms with E-state index in [2.05, 4.69) is 10.3 Å². The minimum absolute atomic E-state index is 0.494. The molecule has 5 heteroatoms. The summed E-state index contributed by atoms with van der Waals surface area (Å²) in [7, 11) is 0. The van der Waals surface area contributed by atoms with Gasteiger partial charge in [0.2, 0.25) is 6.03 Å². The molecule has 0 aromatic rings. The molecular weight excluding hydrogens is 194 g/mol. The first kappa shape index (κ1) is 11.0. The van der Waals surface area contributed by atoms with E-state index in [0.717, 1.165) is 5.78 Å². The normalized spacial score (nSPS) is 13.7. The zero-order valence-electron chi connectivity index (χ0n) is 8.30. The molecule has 1 rings (SSSR count). The van der Waals surface area contributed by atoms with E-state index in [-0.39, 0.29) is 0 Å². The van der Waals surface area contributed by atoms with Gasteiger partial charge in [0, 0.05) is 19.1 Å². The molecule has 1 N–H and O–H groups in total. The highest BCUT2D eigenvalue weighted by atomic mass is 16.4. The standard InChI is InChI=1S/C10H11N3O2/c1-2-15-9-5-3-8(4-6-9)13-10(14)12-7-11/h3-7H,2H2,1H3,(H-,11,12,14). The predicted octanol–water partition coefficient (Wildman–Crippen LogP) is 1.78. The van der Waals surface area contributed by atoms with Gasteiger partial charge in [-0.15, -0.1) is 0 Å². The van der Waals surface area contributed by atoms with Crippen LogP contribution in [0.4, 0.5) is 4.79 Å². The van der Waals surface area contributed by atoms with Gasteiger partial charge in [-0.1, -0.05) is 0 Å². The Balaban J connectivity index is 2.67. The highest BCUT2D eigenvalue weighted by molar-refractivity contribution is 6.20. The van der Waals surface area contributed by atoms with Crippen LogP contribution < -0.4 is 0 Å². The average Bonchev–Trinajstić information content (AvgIpc) is 2.22. The van der Waals surface area contributed by atoms with Gasteiger partial charge >= 0.3 is 5.78 Å². The van der Waals surface area contributed by atoms with Gasteiger partial charge in [-0.25, -0.2) is 0 Å². The van der Waals surface area contributed by atoms with Crippen molar-refractivity contribution in [2.45, 2.75) is 6.92 Å². The number of hydrogen-bond donors (Lipinski definition) is 1. The third-order valence-corrected chi connectivity index (χ3v) is 1.55. The van der Waals surface area contributed by atoms with Crippen LogP contribution in [0.25, 0.3) is 5.32 Å². The second-order valence-electron chi connectivity index (χ2n) is 2.58. The third kappa shape index (κ3) is 3.68. The number of aliphatic imine (C=N–C) groups is 1. The summed E-state index contributed by atoms with van der Waals surface area (Å²) in [6.07, 6.45) is 7.42. The third-order valence-electron chi connectivity index (χ3n) is 1.55. The number of nitrogens with zero attached hydrogens (tertiary/aromatic N) is 2. The minimum atomic E-state index is -0.686. The first-order chi connectivity index (χ1) is 7.26. The molecular formula is C10H11N3O2. The summed E-state index contributed by atoms with van der Waals surface area (Å²) in [5, 5.41) is 9.78. The molecule has 0 unspecified atom stereocenters. The smallest absolute Gasteiger partial charge is 0.343 e. The number of urea groups is 1. The van der Waals surface area contributed by atoms with Crippen LogP contribution in [0.3, 0.4) is 0 Å². The Morgan fingerprint density at radius 2 is 2.20 bits per heavy atom. The Morgan fingerprint density at radius 3 is 2.73 bits per heavy atom. The Kier molecular flexibility index (Phi) is 4.15. The van der Waals surface area contributed by atoms with E-state index >= 15 is 0 Å². The van der Waals surface area contributed by atoms with Crippen molar-refractivity contribution in [3.63, 3.8) is 0 Å². The molecule has 0 aliphatic heterocycles. The highest BCUT2D eigenvalue weighted by Crippen LogP contribution is 1.99. The van der Waals surface area contributed by atoms with Gasteiger partial charge in [-0.05, 0) is 24.2 Å². The summed E-state index contributed by atoms with van der Waals surface area (Å²) in [6, 6.07) is -0.686. The fourth-order valence-corrected chi connectivity index (χ4v) is 0.978. The topological polar surface area (TPSA) is 78.7 Å². The molecule has 0 saturated carbocycles. The first-order valence-electron chi connectivity index (χ1n) is 4.44. The van der Waals surface area contributed by atoms with Crippen molar-refractivity contribution in [1.29, 1.82) is 5.41 Å². The zero-order valence-corrected chi connectivity index (χ0v) is 8.30. The summed E-state index contributed by atoms with van der Waals surface area (Å²) in [4.78, 5) is 14.5. The Morgan fingerprint density at radius 1 is 1.53 bits per heavy atom. The Hall–Kier alpha value is -2.04. The molecule has 0 atom stereocenters. The number of ketones is 1. The quantitative estimate of drug-likeness (QED) is 0.317. The second-order valence-corrected chi connectivity index (χ2v) is 2.58. The van der Waals surface area contributed by atoms with Crippen LogP contribution in [0.15, 0.2) is 29.3 Å². The maximum atomic E-state index is 10.9. The molecule has 0 fully saturated rings. The molecule has 0 heterocycles. The van der Waals surface area contributed by atoms with Crippen LogP contribution >= 0.6 is 0 Å². The summed E-state index contributed by atoms with van der Waals surface area (Å²) < 4.78 is 5.23. The minimum Gasteiger partial charge on any atom is -0.419 e. The lowest BCUT2D eigenvalue weighted by Gasteiger charge is -2.02. The van der Waals surface area contributed by atoms with E-state index in [1.807, 2.05) is 6.92 Å². The van der Waals surface area contributed by atoms with E-state index < -0.39 is 6.03 Å². The molecule has 0 aromatic carbocycles. The fourth-order valence-electron chi connectivity index (χ4n) is 0.978. The Bertz CT molecular complexity index is 360. The molecule has 0 aromatic heterocycles. The molecule has 0 bridgehead atoms. The zero-order chi connectivity index (χ0) is 11.1. The molecule has 0 saturated heterocycles. The largest absolute Gasteiger partial charge is 0.419 e. The monoisotopic (exact) mass is 205 g/mol. The lowest BCUT2D eigenvalue weighted by molar-refractivity contribution is -0.450. The molecule has 5 nitrogen and oxygen atoms in total. The van der Waals surface area contributed by atoms with Crippen LogP contribution in [0.5, 0.6) is 0 Å². The average molecular weight is 205 g/mol.